The summed E-state index contributed by atoms with van der Waals surface area (Å²) in [7, 11) is 1.53. The second kappa shape index (κ2) is 11.9. The summed E-state index contributed by atoms with van der Waals surface area (Å²) in [5.41, 5.74) is 5.20. The monoisotopic (exact) mass is 636 g/mol. The maximum absolute atomic E-state index is 13.0. The third-order valence-electron chi connectivity index (χ3n) is 5.26. The first-order chi connectivity index (χ1) is 17.7. The van der Waals surface area contributed by atoms with Crippen LogP contribution in [0, 0.1) is 6.92 Å². The first-order valence-electron chi connectivity index (χ1n) is 10.8. The molecular weight excluding hydrogens is 619 g/mol. The summed E-state index contributed by atoms with van der Waals surface area (Å²) in [4.78, 5) is 26.1. The number of carbonyl (C=O) groups excluding carboxylic acids is 2. The van der Waals surface area contributed by atoms with E-state index in [4.69, 9.17) is 44.9 Å². The number of ether oxygens (including phenoxy) is 2. The lowest BCUT2D eigenvalue weighted by atomic mass is 10.1. The van der Waals surface area contributed by atoms with Crippen LogP contribution in [0.5, 0.6) is 11.5 Å². The third kappa shape index (κ3) is 6.30. The predicted octanol–water partition coefficient (Wildman–Crippen LogP) is 7.20. The minimum Gasteiger partial charge on any atom is -0.493 e. The predicted molar refractivity (Wildman–Crippen MR) is 155 cm³/mol. The quantitative estimate of drug-likeness (QED) is 0.218. The molecule has 0 aliphatic carbocycles. The van der Waals surface area contributed by atoms with Crippen molar-refractivity contribution in [1.29, 1.82) is 0 Å². The van der Waals surface area contributed by atoms with Crippen molar-refractivity contribution in [3.8, 4) is 11.5 Å². The number of carbonyl (C=O) groups is 2. The Kier molecular flexibility index (Phi) is 8.82. The van der Waals surface area contributed by atoms with Crippen LogP contribution in [0.1, 0.15) is 27.0 Å². The fourth-order valence-electron chi connectivity index (χ4n) is 3.41. The lowest BCUT2D eigenvalue weighted by molar-refractivity contribution is -0.123. The Bertz CT molecular complexity index is 1450. The third-order valence-corrected chi connectivity index (χ3v) is 7.83. The normalized spacial score (nSPS) is 14.3. The first-order valence-corrected chi connectivity index (χ1v) is 13.5. The summed E-state index contributed by atoms with van der Waals surface area (Å²) in [5, 5.41) is 1.93. The molecule has 6 nitrogen and oxygen atoms in total. The van der Waals surface area contributed by atoms with E-state index in [9.17, 15) is 9.59 Å². The van der Waals surface area contributed by atoms with E-state index in [-0.39, 0.29) is 21.5 Å². The first kappa shape index (κ1) is 27.5. The number of hydrogen-bond donors (Lipinski definition) is 1. The van der Waals surface area contributed by atoms with Crippen molar-refractivity contribution in [2.45, 2.75) is 13.5 Å². The summed E-state index contributed by atoms with van der Waals surface area (Å²) in [6.07, 6.45) is 1.66. The Balaban J connectivity index is 1.52. The Morgan fingerprint density at radius 1 is 1.16 bits per heavy atom. The smallest absolute Gasteiger partial charge is 0.285 e. The van der Waals surface area contributed by atoms with E-state index in [1.54, 1.807) is 42.5 Å². The number of halogens is 3. The largest absolute Gasteiger partial charge is 0.493 e. The van der Waals surface area contributed by atoms with Crippen molar-refractivity contribution in [2.75, 3.05) is 7.11 Å². The highest BCUT2D eigenvalue weighted by Gasteiger charge is 2.34. The molecule has 11 heteroatoms. The molecule has 0 atom stereocenters. The SMILES string of the molecule is COc1cc(/C=C2/SC(=S)N(NC(=O)c3ccc(C)cc3Cl)C2=O)cc(Br)c1OCc1ccccc1Cl. The molecule has 3 aromatic rings. The topological polar surface area (TPSA) is 67.9 Å². The van der Waals surface area contributed by atoms with Gasteiger partial charge >= 0.3 is 0 Å². The highest BCUT2D eigenvalue weighted by Crippen LogP contribution is 2.39. The molecule has 0 aromatic heterocycles. The van der Waals surface area contributed by atoms with Gasteiger partial charge in [0.15, 0.2) is 15.8 Å². The van der Waals surface area contributed by atoms with E-state index in [1.165, 1.54) is 7.11 Å². The van der Waals surface area contributed by atoms with E-state index in [1.807, 2.05) is 25.1 Å². The van der Waals surface area contributed by atoms with Gasteiger partial charge in [0.1, 0.15) is 6.61 Å². The van der Waals surface area contributed by atoms with Gasteiger partial charge in [-0.2, -0.15) is 5.01 Å². The second-order valence-corrected chi connectivity index (χ2v) is 11.2. The summed E-state index contributed by atoms with van der Waals surface area (Å²) in [6.45, 7) is 2.11. The molecule has 1 heterocycles. The molecule has 1 saturated heterocycles. The van der Waals surface area contributed by atoms with Crippen LogP contribution in [0.15, 0.2) is 64.0 Å². The molecule has 1 N–H and O–H groups in total. The number of methoxy groups -OCH3 is 1. The van der Waals surface area contributed by atoms with Gasteiger partial charge in [0.05, 0.1) is 27.1 Å². The number of thioether (sulfide) groups is 1. The van der Waals surface area contributed by atoms with Crippen LogP contribution >= 0.6 is 63.1 Å². The lowest BCUT2D eigenvalue weighted by Crippen LogP contribution is -2.44. The minimum atomic E-state index is -0.535. The van der Waals surface area contributed by atoms with Crippen LogP contribution < -0.4 is 14.9 Å². The van der Waals surface area contributed by atoms with E-state index >= 15 is 0 Å². The Labute approximate surface area is 242 Å². The molecule has 37 heavy (non-hydrogen) atoms. The van der Waals surface area contributed by atoms with E-state index in [0.717, 1.165) is 27.9 Å². The molecular formula is C26H19BrCl2N2O4S2. The van der Waals surface area contributed by atoms with Gasteiger partial charge in [-0.3, -0.25) is 15.0 Å². The van der Waals surface area contributed by atoms with Crippen molar-refractivity contribution in [1.82, 2.24) is 10.4 Å². The van der Waals surface area contributed by atoms with Crippen LogP contribution in [0.2, 0.25) is 10.0 Å². The van der Waals surface area contributed by atoms with Gasteiger partial charge in [0, 0.05) is 10.6 Å². The van der Waals surface area contributed by atoms with Crippen LogP contribution in [-0.2, 0) is 11.4 Å². The number of rotatable bonds is 7. The molecule has 0 bridgehead atoms. The molecule has 190 valence electrons. The Hall–Kier alpha value is -2.56. The van der Waals surface area contributed by atoms with Crippen molar-refractivity contribution in [3.63, 3.8) is 0 Å². The Morgan fingerprint density at radius 2 is 1.92 bits per heavy atom. The van der Waals surface area contributed by atoms with E-state index in [2.05, 4.69) is 21.4 Å². The van der Waals surface area contributed by atoms with E-state index < -0.39 is 11.8 Å². The van der Waals surface area contributed by atoms with Crippen LogP contribution in [0.25, 0.3) is 6.08 Å². The zero-order chi connectivity index (χ0) is 26.7. The van der Waals surface area contributed by atoms with Crippen LogP contribution in [0.3, 0.4) is 0 Å². The molecule has 0 radical (unpaired) electrons. The maximum Gasteiger partial charge on any atom is 0.285 e. The van der Waals surface area contributed by atoms with Crippen molar-refractivity contribution in [3.05, 3.63) is 96.3 Å². The number of aryl methyl sites for hydroxylation is 1. The number of hydrazine groups is 1. The number of nitrogens with one attached hydrogen (secondary N) is 1. The number of nitrogens with zero attached hydrogens (tertiary/aromatic N) is 1. The van der Waals surface area contributed by atoms with Gasteiger partial charge in [-0.1, -0.05) is 59.2 Å². The minimum absolute atomic E-state index is 0.193. The van der Waals surface area contributed by atoms with Crippen molar-refractivity contribution >= 4 is 85.3 Å². The van der Waals surface area contributed by atoms with E-state index in [0.29, 0.717) is 31.5 Å². The average molecular weight is 638 g/mol. The number of amides is 2. The van der Waals surface area contributed by atoms with Gasteiger partial charge in [0.2, 0.25) is 0 Å². The van der Waals surface area contributed by atoms with Gasteiger partial charge in [-0.15, -0.1) is 0 Å². The van der Waals surface area contributed by atoms with Gasteiger partial charge in [0.25, 0.3) is 11.8 Å². The average Bonchev–Trinajstić information content (AvgIpc) is 3.11. The molecule has 0 unspecified atom stereocenters. The molecule has 1 aliphatic rings. The summed E-state index contributed by atoms with van der Waals surface area (Å²) in [5.74, 6) is -0.0347. The van der Waals surface area contributed by atoms with Crippen molar-refractivity contribution < 1.29 is 19.1 Å². The summed E-state index contributed by atoms with van der Waals surface area (Å²) in [6, 6.07) is 16.0. The zero-order valence-corrected chi connectivity index (χ0v) is 24.2. The Morgan fingerprint density at radius 3 is 2.62 bits per heavy atom. The molecule has 1 aliphatic heterocycles. The summed E-state index contributed by atoms with van der Waals surface area (Å²) < 4.78 is 12.3. The second-order valence-electron chi connectivity index (χ2n) is 7.86. The fourth-order valence-corrected chi connectivity index (χ4v) is 5.67. The fraction of sp³-hybridized carbons (Fsp3) is 0.115. The highest BCUT2D eigenvalue weighted by molar-refractivity contribution is 9.10. The number of benzene rings is 3. The molecule has 2 amide bonds. The van der Waals surface area contributed by atoms with Gasteiger partial charge in [-0.25, -0.2) is 0 Å². The van der Waals surface area contributed by atoms with Gasteiger partial charge in [-0.05, 0) is 82.6 Å². The van der Waals surface area contributed by atoms with Crippen LogP contribution in [0.4, 0.5) is 0 Å². The number of thiocarbonyl (C=S) groups is 1. The zero-order valence-electron chi connectivity index (χ0n) is 19.5. The van der Waals surface area contributed by atoms with Crippen LogP contribution in [-0.4, -0.2) is 28.3 Å². The standard InChI is InChI=1S/C26H19BrCl2N2O4S2/c1-14-7-8-17(20(29)9-14)24(32)30-31-25(33)22(37-26(31)36)12-15-10-18(27)23(21(11-15)34-2)35-13-16-5-3-4-6-19(16)28/h3-12H,13H2,1-2H3,(H,30,32)/b22-12+. The van der Waals surface area contributed by atoms with Crippen molar-refractivity contribution in [2.24, 2.45) is 0 Å². The molecule has 0 saturated carbocycles. The lowest BCUT2D eigenvalue weighted by Gasteiger charge is -2.16. The molecule has 1 fully saturated rings. The highest BCUT2D eigenvalue weighted by atomic mass is 79.9. The molecule has 4 rings (SSSR count). The molecule has 3 aromatic carbocycles. The summed E-state index contributed by atoms with van der Waals surface area (Å²) >= 11 is 22.4. The van der Waals surface area contributed by atoms with Gasteiger partial charge < -0.3 is 9.47 Å². The number of hydrogen-bond acceptors (Lipinski definition) is 6. The maximum atomic E-state index is 13.0. The molecule has 0 spiro atoms.